The van der Waals surface area contributed by atoms with E-state index in [1.165, 1.54) is 6.07 Å². The van der Waals surface area contributed by atoms with Gasteiger partial charge in [0, 0.05) is 24.7 Å². The van der Waals surface area contributed by atoms with Crippen molar-refractivity contribution < 1.29 is 14.3 Å². The van der Waals surface area contributed by atoms with E-state index in [-0.39, 0.29) is 5.82 Å². The molecular weight excluding hydrogens is 259 g/mol. The van der Waals surface area contributed by atoms with E-state index in [2.05, 4.69) is 10.3 Å². The molecule has 1 heterocycles. The number of fused-ring (bicyclic) bond motifs is 1. The van der Waals surface area contributed by atoms with E-state index in [9.17, 15) is 9.18 Å². The summed E-state index contributed by atoms with van der Waals surface area (Å²) in [7, 11) is 0. The summed E-state index contributed by atoms with van der Waals surface area (Å²) in [5, 5.41) is 12.8. The van der Waals surface area contributed by atoms with Crippen molar-refractivity contribution >= 4 is 16.9 Å². The van der Waals surface area contributed by atoms with Gasteiger partial charge in [0.25, 0.3) is 0 Å². The van der Waals surface area contributed by atoms with Gasteiger partial charge in [-0.1, -0.05) is 12.1 Å². The molecule has 2 rings (SSSR count). The van der Waals surface area contributed by atoms with Gasteiger partial charge in [-0.05, 0) is 31.5 Å². The molecule has 0 aliphatic carbocycles. The Morgan fingerprint density at radius 3 is 2.90 bits per heavy atom. The number of hydrogen-bond acceptors (Lipinski definition) is 3. The summed E-state index contributed by atoms with van der Waals surface area (Å²) in [6.07, 6.45) is 1.60. The summed E-state index contributed by atoms with van der Waals surface area (Å²) in [5.74, 6) is -1.18. The van der Waals surface area contributed by atoms with E-state index < -0.39 is 11.4 Å². The van der Waals surface area contributed by atoms with Crippen LogP contribution in [-0.2, 0) is 11.3 Å². The molecule has 0 aliphatic rings. The SMILES string of the molecule is CC(C)(CNCc1cnc2c(F)cccc2c1)C(=O)O. The maximum Gasteiger partial charge on any atom is 0.310 e. The summed E-state index contributed by atoms with van der Waals surface area (Å²) in [6.45, 7) is 4.17. The molecule has 2 N–H and O–H groups in total. The molecule has 1 aromatic heterocycles. The predicted molar refractivity (Wildman–Crippen MR) is 74.8 cm³/mol. The van der Waals surface area contributed by atoms with Gasteiger partial charge >= 0.3 is 5.97 Å². The lowest BCUT2D eigenvalue weighted by Crippen LogP contribution is -2.35. The molecule has 0 saturated heterocycles. The number of hydrogen-bond donors (Lipinski definition) is 2. The van der Waals surface area contributed by atoms with Crippen LogP contribution in [0.15, 0.2) is 30.5 Å². The van der Waals surface area contributed by atoms with Crippen LogP contribution in [0.25, 0.3) is 10.9 Å². The normalized spacial score (nSPS) is 11.8. The predicted octanol–water partition coefficient (Wildman–Crippen LogP) is 2.57. The lowest BCUT2D eigenvalue weighted by Gasteiger charge is -2.19. The van der Waals surface area contributed by atoms with Crippen molar-refractivity contribution in [1.82, 2.24) is 10.3 Å². The number of rotatable bonds is 5. The second-order valence-corrected chi connectivity index (χ2v) is 5.45. The van der Waals surface area contributed by atoms with Crippen molar-refractivity contribution in [3.05, 3.63) is 41.8 Å². The molecule has 4 nitrogen and oxygen atoms in total. The van der Waals surface area contributed by atoms with Crippen LogP contribution in [0.4, 0.5) is 4.39 Å². The molecule has 0 radical (unpaired) electrons. The van der Waals surface area contributed by atoms with Gasteiger partial charge in [0.15, 0.2) is 0 Å². The quantitative estimate of drug-likeness (QED) is 0.881. The van der Waals surface area contributed by atoms with Crippen LogP contribution >= 0.6 is 0 Å². The first-order valence-electron chi connectivity index (χ1n) is 6.37. The van der Waals surface area contributed by atoms with Crippen molar-refractivity contribution in [3.63, 3.8) is 0 Å². The van der Waals surface area contributed by atoms with Crippen LogP contribution in [0.2, 0.25) is 0 Å². The van der Waals surface area contributed by atoms with Crippen LogP contribution in [-0.4, -0.2) is 22.6 Å². The highest BCUT2D eigenvalue weighted by Crippen LogP contribution is 2.17. The van der Waals surface area contributed by atoms with Gasteiger partial charge in [0.05, 0.1) is 5.41 Å². The van der Waals surface area contributed by atoms with Crippen molar-refractivity contribution in [1.29, 1.82) is 0 Å². The number of nitrogens with zero attached hydrogens (tertiary/aromatic N) is 1. The molecule has 5 heteroatoms. The Morgan fingerprint density at radius 1 is 1.45 bits per heavy atom. The molecule has 0 amide bonds. The van der Waals surface area contributed by atoms with Gasteiger partial charge in [-0.15, -0.1) is 0 Å². The van der Waals surface area contributed by atoms with Gasteiger partial charge < -0.3 is 10.4 Å². The molecule has 106 valence electrons. The average molecular weight is 276 g/mol. The highest BCUT2D eigenvalue weighted by atomic mass is 19.1. The minimum Gasteiger partial charge on any atom is -0.481 e. The van der Waals surface area contributed by atoms with E-state index >= 15 is 0 Å². The van der Waals surface area contributed by atoms with Gasteiger partial charge in [0.1, 0.15) is 11.3 Å². The van der Waals surface area contributed by atoms with E-state index in [0.717, 1.165) is 10.9 Å². The molecule has 0 fully saturated rings. The molecular formula is C15H17FN2O2. The zero-order valence-electron chi connectivity index (χ0n) is 11.5. The molecule has 2 aromatic rings. The number of carboxylic acids is 1. The van der Waals surface area contributed by atoms with Crippen LogP contribution in [0.3, 0.4) is 0 Å². The molecule has 1 aromatic carbocycles. The second kappa shape index (κ2) is 5.54. The Labute approximate surface area is 116 Å². The smallest absolute Gasteiger partial charge is 0.310 e. The lowest BCUT2D eigenvalue weighted by molar-refractivity contribution is -0.146. The fourth-order valence-corrected chi connectivity index (χ4v) is 1.86. The number of carbonyl (C=O) groups is 1. The Balaban J connectivity index is 2.06. The fraction of sp³-hybridized carbons (Fsp3) is 0.333. The first-order chi connectivity index (χ1) is 9.40. The largest absolute Gasteiger partial charge is 0.481 e. The molecule has 0 bridgehead atoms. The number of pyridine rings is 1. The molecule has 0 unspecified atom stereocenters. The first-order valence-corrected chi connectivity index (χ1v) is 6.37. The number of benzene rings is 1. The maximum atomic E-state index is 13.5. The molecule has 0 aliphatic heterocycles. The Kier molecular flexibility index (Phi) is 3.99. The van der Waals surface area contributed by atoms with E-state index in [0.29, 0.717) is 18.6 Å². The summed E-state index contributed by atoms with van der Waals surface area (Å²) in [5.41, 5.74) is 0.419. The minimum atomic E-state index is -0.844. The monoisotopic (exact) mass is 276 g/mol. The van der Waals surface area contributed by atoms with Crippen LogP contribution in [0, 0.1) is 11.2 Å². The summed E-state index contributed by atoms with van der Waals surface area (Å²) in [6, 6.07) is 6.68. The van der Waals surface area contributed by atoms with Crippen molar-refractivity contribution in [2.45, 2.75) is 20.4 Å². The Morgan fingerprint density at radius 2 is 2.20 bits per heavy atom. The van der Waals surface area contributed by atoms with Gasteiger partial charge in [-0.3, -0.25) is 9.78 Å². The maximum absolute atomic E-state index is 13.5. The third kappa shape index (κ3) is 3.11. The highest BCUT2D eigenvalue weighted by Gasteiger charge is 2.26. The van der Waals surface area contributed by atoms with Crippen molar-refractivity contribution in [2.75, 3.05) is 6.54 Å². The van der Waals surface area contributed by atoms with E-state index in [1.807, 2.05) is 6.07 Å². The highest BCUT2D eigenvalue weighted by molar-refractivity contribution is 5.79. The third-order valence-corrected chi connectivity index (χ3v) is 3.19. The zero-order chi connectivity index (χ0) is 14.8. The molecule has 0 spiro atoms. The van der Waals surface area contributed by atoms with Crippen LogP contribution in [0.5, 0.6) is 0 Å². The fourth-order valence-electron chi connectivity index (χ4n) is 1.86. The van der Waals surface area contributed by atoms with Gasteiger partial charge in [-0.25, -0.2) is 4.39 Å². The van der Waals surface area contributed by atoms with E-state index in [4.69, 9.17) is 5.11 Å². The number of aliphatic carboxylic acids is 1. The summed E-state index contributed by atoms with van der Waals surface area (Å²) < 4.78 is 13.5. The van der Waals surface area contributed by atoms with Gasteiger partial charge in [-0.2, -0.15) is 0 Å². The topological polar surface area (TPSA) is 62.2 Å². The minimum absolute atomic E-state index is 0.339. The first kappa shape index (κ1) is 14.4. The van der Waals surface area contributed by atoms with Crippen molar-refractivity contribution in [2.24, 2.45) is 5.41 Å². The van der Waals surface area contributed by atoms with Crippen LogP contribution < -0.4 is 5.32 Å². The molecule has 20 heavy (non-hydrogen) atoms. The zero-order valence-corrected chi connectivity index (χ0v) is 11.5. The number of nitrogens with one attached hydrogen (secondary N) is 1. The second-order valence-electron chi connectivity index (χ2n) is 5.45. The molecule has 0 atom stereocenters. The number of aromatic nitrogens is 1. The number of carboxylic acid groups (broad SMARTS) is 1. The Bertz CT molecular complexity index is 641. The standard InChI is InChI=1S/C15H17FN2O2/c1-15(2,14(19)20)9-17-7-10-6-11-4-3-5-12(16)13(11)18-8-10/h3-6,8,17H,7,9H2,1-2H3,(H,19,20). The summed E-state index contributed by atoms with van der Waals surface area (Å²) in [4.78, 5) is 15.1. The van der Waals surface area contributed by atoms with Crippen molar-refractivity contribution in [3.8, 4) is 0 Å². The summed E-state index contributed by atoms with van der Waals surface area (Å²) >= 11 is 0. The number of para-hydroxylation sites is 1. The lowest BCUT2D eigenvalue weighted by atomic mass is 9.94. The average Bonchev–Trinajstić information content (AvgIpc) is 2.38. The van der Waals surface area contributed by atoms with Gasteiger partial charge in [0.2, 0.25) is 0 Å². The number of halogens is 1. The Hall–Kier alpha value is -2.01. The van der Waals surface area contributed by atoms with E-state index in [1.54, 1.807) is 32.2 Å². The third-order valence-electron chi connectivity index (χ3n) is 3.19. The van der Waals surface area contributed by atoms with Crippen LogP contribution in [0.1, 0.15) is 19.4 Å². The molecule has 0 saturated carbocycles.